The Labute approximate surface area is 160 Å². The summed E-state index contributed by atoms with van der Waals surface area (Å²) in [6.45, 7) is 1.95. The third kappa shape index (κ3) is 3.84. The van der Waals surface area contributed by atoms with Gasteiger partial charge < -0.3 is 14.6 Å². The van der Waals surface area contributed by atoms with Gasteiger partial charge in [0.2, 0.25) is 5.88 Å². The van der Waals surface area contributed by atoms with Crippen molar-refractivity contribution in [2.75, 3.05) is 14.2 Å². The van der Waals surface area contributed by atoms with Gasteiger partial charge in [-0.1, -0.05) is 48.0 Å². The number of aromatic nitrogens is 2. The van der Waals surface area contributed by atoms with Gasteiger partial charge in [-0.05, 0) is 24.6 Å². The van der Waals surface area contributed by atoms with Crippen LogP contribution in [0.4, 0.5) is 0 Å². The van der Waals surface area contributed by atoms with Crippen LogP contribution in [0.15, 0.2) is 64.4 Å². The fraction of sp³-hybridized carbons (Fsp3) is 0.200. The van der Waals surface area contributed by atoms with Crippen molar-refractivity contribution >= 4 is 10.8 Å². The average molecular weight is 384 g/mol. The van der Waals surface area contributed by atoms with Crippen LogP contribution in [0.3, 0.4) is 0 Å². The first kappa shape index (κ1) is 19.0. The third-order valence-corrected chi connectivity index (χ3v) is 5.56. The van der Waals surface area contributed by atoms with Crippen molar-refractivity contribution in [3.8, 4) is 11.8 Å². The van der Waals surface area contributed by atoms with Crippen LogP contribution in [-0.4, -0.2) is 33.7 Å². The van der Waals surface area contributed by atoms with Crippen LogP contribution >= 0.6 is 0 Å². The Morgan fingerprint density at radius 1 is 0.926 bits per heavy atom. The Balaban J connectivity index is 2.21. The number of aliphatic hydroxyl groups excluding tert-OH is 1. The molecule has 0 fully saturated rings. The highest BCUT2D eigenvalue weighted by atomic mass is 32.2. The second-order valence-corrected chi connectivity index (χ2v) is 7.27. The summed E-state index contributed by atoms with van der Waals surface area (Å²) >= 11 is 0. The van der Waals surface area contributed by atoms with E-state index in [1.807, 2.05) is 37.3 Å². The summed E-state index contributed by atoms with van der Waals surface area (Å²) in [5, 5.41) is 18.9. The van der Waals surface area contributed by atoms with Crippen molar-refractivity contribution in [1.82, 2.24) is 10.2 Å². The van der Waals surface area contributed by atoms with Gasteiger partial charge in [-0.15, -0.1) is 10.2 Å². The molecule has 0 saturated heterocycles. The van der Waals surface area contributed by atoms with Gasteiger partial charge in [-0.2, -0.15) is 0 Å². The molecule has 0 radical (unpaired) electrons. The zero-order valence-corrected chi connectivity index (χ0v) is 16.1. The van der Waals surface area contributed by atoms with E-state index in [-0.39, 0.29) is 22.2 Å². The smallest absolute Gasteiger partial charge is 0.250 e. The summed E-state index contributed by atoms with van der Waals surface area (Å²) in [7, 11) is 1.20. The minimum Gasteiger partial charge on any atom is -0.480 e. The van der Waals surface area contributed by atoms with E-state index in [1.54, 1.807) is 24.3 Å². The molecule has 0 spiro atoms. The van der Waals surface area contributed by atoms with E-state index in [9.17, 15) is 9.32 Å². The van der Waals surface area contributed by atoms with E-state index in [1.165, 1.54) is 14.2 Å². The van der Waals surface area contributed by atoms with Crippen LogP contribution in [-0.2, 0) is 10.8 Å². The van der Waals surface area contributed by atoms with Crippen LogP contribution < -0.4 is 9.47 Å². The number of hydrogen-bond acceptors (Lipinski definition) is 6. The molecule has 0 bridgehead atoms. The molecule has 0 saturated carbocycles. The van der Waals surface area contributed by atoms with Gasteiger partial charge in [0.15, 0.2) is 0 Å². The highest BCUT2D eigenvalue weighted by molar-refractivity contribution is 7.85. The largest absolute Gasteiger partial charge is 0.480 e. The summed E-state index contributed by atoms with van der Waals surface area (Å²) in [5.74, 6) is 0.183. The Morgan fingerprint density at radius 2 is 1.52 bits per heavy atom. The first-order chi connectivity index (χ1) is 13.1. The van der Waals surface area contributed by atoms with E-state index in [4.69, 9.17) is 9.47 Å². The van der Waals surface area contributed by atoms with Gasteiger partial charge in [0.1, 0.15) is 11.0 Å². The molecule has 1 aromatic heterocycles. The Hall–Kier alpha value is -2.77. The van der Waals surface area contributed by atoms with E-state index >= 15 is 0 Å². The van der Waals surface area contributed by atoms with Crippen LogP contribution in [0.5, 0.6) is 11.8 Å². The SMILES string of the molecule is COc1nnc(OC)c(S(=O)c2ccc(C)cc2)c1[C@@H](O)c1ccccc1. The average Bonchev–Trinajstić information content (AvgIpc) is 2.72. The first-order valence-corrected chi connectivity index (χ1v) is 9.41. The number of aliphatic hydroxyl groups is 1. The lowest BCUT2D eigenvalue weighted by Crippen LogP contribution is -2.12. The lowest BCUT2D eigenvalue weighted by atomic mass is 10.0. The van der Waals surface area contributed by atoms with Gasteiger partial charge in [-0.3, -0.25) is 0 Å². The van der Waals surface area contributed by atoms with Crippen LogP contribution in [0.25, 0.3) is 0 Å². The Bertz CT molecular complexity index is 946. The molecular formula is C20H20N2O4S. The zero-order valence-electron chi connectivity index (χ0n) is 15.2. The molecule has 2 aromatic carbocycles. The van der Waals surface area contributed by atoms with E-state index < -0.39 is 16.9 Å². The lowest BCUT2D eigenvalue weighted by Gasteiger charge is -2.19. The Morgan fingerprint density at radius 3 is 2.11 bits per heavy atom. The van der Waals surface area contributed by atoms with Crippen LogP contribution in [0.1, 0.15) is 22.8 Å². The maximum Gasteiger partial charge on any atom is 0.250 e. The van der Waals surface area contributed by atoms with Crippen molar-refractivity contribution < 1.29 is 18.8 Å². The molecule has 1 unspecified atom stereocenters. The van der Waals surface area contributed by atoms with Gasteiger partial charge in [0, 0.05) is 4.90 Å². The number of methoxy groups -OCH3 is 2. The fourth-order valence-corrected chi connectivity index (χ4v) is 3.99. The molecule has 2 atom stereocenters. The number of aryl methyl sites for hydroxylation is 1. The number of ether oxygens (including phenoxy) is 2. The van der Waals surface area contributed by atoms with Crippen molar-refractivity contribution in [1.29, 1.82) is 0 Å². The molecule has 7 heteroatoms. The summed E-state index contributed by atoms with van der Waals surface area (Å²) in [5.41, 5.74) is 1.94. The monoisotopic (exact) mass is 384 g/mol. The molecule has 6 nitrogen and oxygen atoms in total. The number of rotatable bonds is 6. The summed E-state index contributed by atoms with van der Waals surface area (Å²) in [6.07, 6.45) is -1.10. The quantitative estimate of drug-likeness (QED) is 0.703. The second-order valence-electron chi connectivity index (χ2n) is 5.86. The van der Waals surface area contributed by atoms with Gasteiger partial charge in [0.05, 0.1) is 30.6 Å². The third-order valence-electron chi connectivity index (χ3n) is 4.10. The zero-order chi connectivity index (χ0) is 19.4. The van der Waals surface area contributed by atoms with Gasteiger partial charge in [0.25, 0.3) is 5.88 Å². The molecule has 1 heterocycles. The number of nitrogens with zero attached hydrogens (tertiary/aromatic N) is 2. The van der Waals surface area contributed by atoms with Gasteiger partial charge in [-0.25, -0.2) is 4.21 Å². The topological polar surface area (TPSA) is 81.5 Å². The van der Waals surface area contributed by atoms with Crippen molar-refractivity contribution in [3.05, 3.63) is 71.3 Å². The van der Waals surface area contributed by atoms with E-state index in [2.05, 4.69) is 10.2 Å². The molecule has 3 aromatic rings. The molecule has 0 aliphatic heterocycles. The highest BCUT2D eigenvalue weighted by Gasteiger charge is 2.29. The molecular weight excluding hydrogens is 364 g/mol. The molecule has 3 rings (SSSR count). The summed E-state index contributed by atoms with van der Waals surface area (Å²) in [6, 6.07) is 16.3. The molecule has 140 valence electrons. The van der Waals surface area contributed by atoms with Crippen molar-refractivity contribution in [2.45, 2.75) is 22.8 Å². The van der Waals surface area contributed by atoms with Crippen molar-refractivity contribution in [3.63, 3.8) is 0 Å². The normalized spacial score (nSPS) is 13.0. The predicted molar refractivity (Wildman–Crippen MR) is 101 cm³/mol. The molecule has 0 amide bonds. The van der Waals surface area contributed by atoms with Crippen LogP contribution in [0, 0.1) is 6.92 Å². The van der Waals surface area contributed by atoms with E-state index in [0.717, 1.165) is 5.56 Å². The minimum absolute atomic E-state index is 0.0830. The van der Waals surface area contributed by atoms with Gasteiger partial charge >= 0.3 is 0 Å². The maximum absolute atomic E-state index is 13.4. The van der Waals surface area contributed by atoms with Crippen LogP contribution in [0.2, 0.25) is 0 Å². The second kappa shape index (κ2) is 8.28. The standard InChI is InChI=1S/C20H20N2O4S/c1-13-9-11-15(12-10-13)27(24)18-16(17(23)14-7-5-4-6-8-14)19(25-2)21-22-20(18)26-3/h4-12,17,23H,1-3H3/t17-,27?/m0/s1. The highest BCUT2D eigenvalue weighted by Crippen LogP contribution is 2.38. The lowest BCUT2D eigenvalue weighted by molar-refractivity contribution is 0.206. The first-order valence-electron chi connectivity index (χ1n) is 8.26. The predicted octanol–water partition coefficient (Wildman–Crippen LogP) is 3.05. The van der Waals surface area contributed by atoms with Crippen molar-refractivity contribution in [2.24, 2.45) is 0 Å². The molecule has 0 aliphatic carbocycles. The number of hydrogen-bond donors (Lipinski definition) is 1. The minimum atomic E-state index is -1.65. The molecule has 0 aliphatic rings. The number of benzene rings is 2. The molecule has 1 N–H and O–H groups in total. The maximum atomic E-state index is 13.4. The van der Waals surface area contributed by atoms with E-state index in [0.29, 0.717) is 10.5 Å². The molecule has 27 heavy (non-hydrogen) atoms. The Kier molecular flexibility index (Phi) is 5.83. The summed E-state index contributed by atoms with van der Waals surface area (Å²) in [4.78, 5) is 0.806. The fourth-order valence-electron chi connectivity index (χ4n) is 2.69. The summed E-state index contributed by atoms with van der Waals surface area (Å²) < 4.78 is 24.0.